The molecule has 36 heavy (non-hydrogen) atoms. The van der Waals surface area contributed by atoms with Crippen molar-refractivity contribution in [3.8, 4) is 0 Å². The molecule has 200 valence electrons. The summed E-state index contributed by atoms with van der Waals surface area (Å²) in [6.07, 6.45) is 9.69. The van der Waals surface area contributed by atoms with Gasteiger partial charge < -0.3 is 5.32 Å². The molecule has 7 heteroatoms. The number of hydrogen-bond acceptors (Lipinski definition) is 2. The van der Waals surface area contributed by atoms with E-state index >= 15 is 0 Å². The maximum atomic E-state index is 14.1. The van der Waals surface area contributed by atoms with E-state index in [4.69, 9.17) is 0 Å². The van der Waals surface area contributed by atoms with Crippen LogP contribution in [-0.4, -0.2) is 29.9 Å². The zero-order valence-electron chi connectivity index (χ0n) is 21.2. The summed E-state index contributed by atoms with van der Waals surface area (Å²) in [4.78, 5) is 16.0. The minimum Gasteiger partial charge on any atom is -0.353 e. The van der Waals surface area contributed by atoms with Crippen molar-refractivity contribution in [1.82, 2.24) is 10.2 Å². The Balaban J connectivity index is 1.21. The zero-order valence-corrected chi connectivity index (χ0v) is 21.2. The predicted octanol–water partition coefficient (Wildman–Crippen LogP) is 6.95. The van der Waals surface area contributed by atoms with Crippen LogP contribution in [-0.2, 0) is 17.5 Å². The van der Waals surface area contributed by atoms with Crippen molar-refractivity contribution in [3.05, 3.63) is 35.1 Å². The summed E-state index contributed by atoms with van der Waals surface area (Å²) >= 11 is 0. The second kappa shape index (κ2) is 11.0. The maximum absolute atomic E-state index is 14.1. The number of carbonyl (C=O) groups excluding carboxylic acids is 1. The minimum atomic E-state index is -4.67. The van der Waals surface area contributed by atoms with Gasteiger partial charge in [-0.1, -0.05) is 44.6 Å². The minimum absolute atomic E-state index is 0.150. The molecule has 4 fully saturated rings. The Morgan fingerprint density at radius 2 is 1.56 bits per heavy atom. The number of rotatable bonds is 6. The fourth-order valence-electron chi connectivity index (χ4n) is 7.89. The second-order valence-corrected chi connectivity index (χ2v) is 11.9. The number of halogens is 4. The number of carbonyl (C=O) groups is 1. The predicted molar refractivity (Wildman–Crippen MR) is 131 cm³/mol. The zero-order chi connectivity index (χ0) is 25.3. The number of alkyl halides is 3. The van der Waals surface area contributed by atoms with E-state index in [0.717, 1.165) is 38.1 Å². The van der Waals surface area contributed by atoms with Gasteiger partial charge in [-0.3, -0.25) is 9.69 Å². The van der Waals surface area contributed by atoms with Crippen molar-refractivity contribution in [2.75, 3.05) is 13.1 Å². The Morgan fingerprint density at radius 1 is 0.917 bits per heavy atom. The molecular weight excluding hydrogens is 468 g/mol. The lowest BCUT2D eigenvalue weighted by Gasteiger charge is -2.37. The van der Waals surface area contributed by atoms with Crippen LogP contribution in [0.15, 0.2) is 18.2 Å². The number of amides is 1. The number of hydrogen-bond donors (Lipinski definition) is 1. The normalized spacial score (nSPS) is 28.5. The Bertz CT molecular complexity index is 889. The molecule has 1 saturated heterocycles. The van der Waals surface area contributed by atoms with Crippen LogP contribution < -0.4 is 5.32 Å². The topological polar surface area (TPSA) is 32.3 Å². The molecule has 1 aromatic rings. The molecule has 1 aliphatic heterocycles. The van der Waals surface area contributed by atoms with Crippen molar-refractivity contribution in [3.63, 3.8) is 0 Å². The third-order valence-electron chi connectivity index (χ3n) is 9.62. The highest BCUT2D eigenvalue weighted by Crippen LogP contribution is 2.42. The third kappa shape index (κ3) is 5.76. The summed E-state index contributed by atoms with van der Waals surface area (Å²) in [5, 5.41) is 3.51. The van der Waals surface area contributed by atoms with Crippen LogP contribution in [0.5, 0.6) is 0 Å². The number of fused-ring (bicyclic) bond motifs is 1. The van der Waals surface area contributed by atoms with Crippen LogP contribution in [0.1, 0.15) is 88.2 Å². The summed E-state index contributed by atoms with van der Waals surface area (Å²) in [6, 6.07) is 3.43. The molecule has 3 aliphatic carbocycles. The summed E-state index contributed by atoms with van der Waals surface area (Å²) in [5.74, 6) is 1.12. The highest BCUT2D eigenvalue weighted by Gasteiger charge is 2.45. The lowest BCUT2D eigenvalue weighted by molar-refractivity contribution is -0.140. The molecule has 1 N–H and O–H groups in total. The highest BCUT2D eigenvalue weighted by molar-refractivity contribution is 5.79. The van der Waals surface area contributed by atoms with Crippen LogP contribution >= 0.6 is 0 Å². The molecule has 0 spiro atoms. The van der Waals surface area contributed by atoms with Crippen LogP contribution in [0.3, 0.4) is 0 Å². The van der Waals surface area contributed by atoms with Crippen LogP contribution in [0.2, 0.25) is 0 Å². The molecule has 3 saturated carbocycles. The molecule has 0 aromatic heterocycles. The fourth-order valence-corrected chi connectivity index (χ4v) is 7.89. The third-order valence-corrected chi connectivity index (χ3v) is 9.62. The van der Waals surface area contributed by atoms with Crippen molar-refractivity contribution < 1.29 is 22.4 Å². The monoisotopic (exact) mass is 508 g/mol. The molecule has 3 atom stereocenters. The molecule has 5 rings (SSSR count). The van der Waals surface area contributed by atoms with Gasteiger partial charge in [-0.2, -0.15) is 13.2 Å². The van der Waals surface area contributed by atoms with Gasteiger partial charge in [0.1, 0.15) is 5.82 Å². The molecular formula is C29H40F4N2O. The number of benzene rings is 1. The molecule has 1 aromatic carbocycles. The molecule has 1 heterocycles. The molecule has 1 amide bonds. The SMILES string of the molecule is O=C(N[C@H]1CC[C@H]2CN(Cc3ccc(C(F)(F)F)c(F)c3)C[C@H]21)C(C1CCCCC1)C1CCCCC1. The van der Waals surface area contributed by atoms with E-state index in [1.54, 1.807) is 0 Å². The highest BCUT2D eigenvalue weighted by atomic mass is 19.4. The van der Waals surface area contributed by atoms with Gasteiger partial charge in [-0.15, -0.1) is 0 Å². The van der Waals surface area contributed by atoms with E-state index in [9.17, 15) is 22.4 Å². The first kappa shape index (κ1) is 26.0. The molecule has 4 aliphatic rings. The van der Waals surface area contributed by atoms with E-state index in [0.29, 0.717) is 35.8 Å². The molecule has 0 bridgehead atoms. The average molecular weight is 509 g/mol. The maximum Gasteiger partial charge on any atom is 0.419 e. The van der Waals surface area contributed by atoms with Gasteiger partial charge in [0.25, 0.3) is 0 Å². The summed E-state index contributed by atoms with van der Waals surface area (Å²) in [5.41, 5.74) is -0.645. The van der Waals surface area contributed by atoms with Gasteiger partial charge in [0.05, 0.1) is 5.56 Å². The van der Waals surface area contributed by atoms with Gasteiger partial charge in [0.15, 0.2) is 0 Å². The van der Waals surface area contributed by atoms with Crippen LogP contribution in [0, 0.1) is 35.4 Å². The Labute approximate surface area is 212 Å². The molecule has 0 radical (unpaired) electrons. The van der Waals surface area contributed by atoms with E-state index in [-0.39, 0.29) is 17.9 Å². The van der Waals surface area contributed by atoms with Crippen molar-refractivity contribution in [2.45, 2.75) is 95.8 Å². The van der Waals surface area contributed by atoms with E-state index < -0.39 is 17.6 Å². The summed E-state index contributed by atoms with van der Waals surface area (Å²) < 4.78 is 52.7. The van der Waals surface area contributed by atoms with E-state index in [1.807, 2.05) is 0 Å². The quantitative estimate of drug-likeness (QED) is 0.422. The molecule has 3 nitrogen and oxygen atoms in total. The first-order chi connectivity index (χ1) is 17.3. The molecule has 0 unspecified atom stereocenters. The summed E-state index contributed by atoms with van der Waals surface area (Å²) in [6.45, 7) is 2.10. The smallest absolute Gasteiger partial charge is 0.353 e. The standard InChI is InChI=1S/C29H40F4N2O/c30-25-15-19(11-13-24(25)29(31,32)33)16-35-17-22-12-14-26(23(22)18-35)34-28(36)27(20-7-3-1-4-8-20)21-9-5-2-6-10-21/h11,13,15,20-23,26-27H,1-10,12,14,16-18H2,(H,34,36)/t22-,23+,26-/m0/s1. The van der Waals surface area contributed by atoms with Gasteiger partial charge in [-0.05, 0) is 79.9 Å². The Morgan fingerprint density at radius 3 is 2.14 bits per heavy atom. The van der Waals surface area contributed by atoms with Crippen molar-refractivity contribution >= 4 is 5.91 Å². The summed E-state index contributed by atoms with van der Waals surface area (Å²) in [7, 11) is 0. The number of likely N-dealkylation sites (tertiary alicyclic amines) is 1. The van der Waals surface area contributed by atoms with Gasteiger partial charge in [0.2, 0.25) is 5.91 Å². The van der Waals surface area contributed by atoms with Gasteiger partial charge in [0, 0.05) is 31.6 Å². The first-order valence-corrected chi connectivity index (χ1v) is 14.2. The lowest BCUT2D eigenvalue weighted by atomic mass is 9.69. The van der Waals surface area contributed by atoms with E-state index in [2.05, 4.69) is 10.2 Å². The Kier molecular flexibility index (Phi) is 7.95. The fraction of sp³-hybridized carbons (Fsp3) is 0.759. The van der Waals surface area contributed by atoms with Crippen LogP contribution in [0.25, 0.3) is 0 Å². The Hall–Kier alpha value is -1.63. The largest absolute Gasteiger partial charge is 0.419 e. The van der Waals surface area contributed by atoms with Crippen molar-refractivity contribution in [2.24, 2.45) is 29.6 Å². The first-order valence-electron chi connectivity index (χ1n) is 14.2. The van der Waals surface area contributed by atoms with E-state index in [1.165, 1.54) is 70.3 Å². The van der Waals surface area contributed by atoms with Gasteiger partial charge in [-0.25, -0.2) is 4.39 Å². The number of nitrogens with zero attached hydrogens (tertiary/aromatic N) is 1. The van der Waals surface area contributed by atoms with Crippen LogP contribution in [0.4, 0.5) is 17.6 Å². The lowest BCUT2D eigenvalue weighted by Crippen LogP contribution is -2.47. The average Bonchev–Trinajstić information content (AvgIpc) is 3.41. The van der Waals surface area contributed by atoms with Crippen molar-refractivity contribution in [1.29, 1.82) is 0 Å². The van der Waals surface area contributed by atoms with Gasteiger partial charge >= 0.3 is 6.18 Å². The second-order valence-electron chi connectivity index (χ2n) is 11.9. The number of nitrogens with one attached hydrogen (secondary N) is 1.